The van der Waals surface area contributed by atoms with Crippen LogP contribution in [0.15, 0.2) is 6.20 Å². The van der Waals surface area contributed by atoms with Crippen LogP contribution < -0.4 is 5.32 Å². The molecule has 1 fully saturated rings. The van der Waals surface area contributed by atoms with Crippen LogP contribution in [0.4, 0.5) is 10.6 Å². The summed E-state index contributed by atoms with van der Waals surface area (Å²) in [4.78, 5) is 27.3. The number of aromatic nitrogens is 3. The summed E-state index contributed by atoms with van der Waals surface area (Å²) in [6, 6.07) is 0. The maximum absolute atomic E-state index is 12.1. The highest BCUT2D eigenvalue weighted by molar-refractivity contribution is 5.83. The molecule has 9 nitrogen and oxygen atoms in total. The van der Waals surface area contributed by atoms with Gasteiger partial charge in [0.1, 0.15) is 6.54 Å². The molecular formula is C12H20N6O3. The maximum atomic E-state index is 12.1. The van der Waals surface area contributed by atoms with Crippen molar-refractivity contribution in [2.24, 2.45) is 0 Å². The summed E-state index contributed by atoms with van der Waals surface area (Å²) in [7, 11) is 2.03. The summed E-state index contributed by atoms with van der Waals surface area (Å²) in [5, 5.41) is 10.0. The van der Waals surface area contributed by atoms with E-state index in [4.69, 9.17) is 4.74 Å². The quantitative estimate of drug-likeness (QED) is 0.814. The highest BCUT2D eigenvalue weighted by atomic mass is 16.5. The van der Waals surface area contributed by atoms with Crippen LogP contribution in [0.2, 0.25) is 0 Å². The number of hydrogen-bond acceptors (Lipinski definition) is 6. The second-order valence-corrected chi connectivity index (χ2v) is 4.83. The van der Waals surface area contributed by atoms with E-state index in [1.54, 1.807) is 11.8 Å². The zero-order valence-electron chi connectivity index (χ0n) is 12.3. The van der Waals surface area contributed by atoms with Crippen molar-refractivity contribution >= 4 is 17.8 Å². The van der Waals surface area contributed by atoms with Gasteiger partial charge in [0, 0.05) is 26.2 Å². The lowest BCUT2D eigenvalue weighted by atomic mass is 10.3. The Bertz CT molecular complexity index is 495. The van der Waals surface area contributed by atoms with E-state index in [9.17, 15) is 9.59 Å². The molecule has 21 heavy (non-hydrogen) atoms. The lowest BCUT2D eigenvalue weighted by molar-refractivity contribution is -0.133. The third-order valence-electron chi connectivity index (χ3n) is 3.20. The molecule has 0 saturated carbocycles. The summed E-state index contributed by atoms with van der Waals surface area (Å²) in [5.41, 5.74) is 0. The van der Waals surface area contributed by atoms with Crippen LogP contribution in [0.1, 0.15) is 6.92 Å². The van der Waals surface area contributed by atoms with Crippen LogP contribution in [0.3, 0.4) is 0 Å². The molecule has 1 saturated heterocycles. The molecule has 1 aromatic heterocycles. The van der Waals surface area contributed by atoms with Gasteiger partial charge in [0.2, 0.25) is 5.91 Å². The van der Waals surface area contributed by atoms with Gasteiger partial charge in [-0.2, -0.15) is 0 Å². The Hall–Kier alpha value is -2.16. The lowest BCUT2D eigenvalue weighted by Gasteiger charge is -2.32. The summed E-state index contributed by atoms with van der Waals surface area (Å²) in [6.07, 6.45) is 0.917. The fraction of sp³-hybridized carbons (Fsp3) is 0.667. The highest BCUT2D eigenvalue weighted by Crippen LogP contribution is 2.04. The Morgan fingerprint density at radius 1 is 1.33 bits per heavy atom. The third kappa shape index (κ3) is 4.42. The molecule has 0 radical (unpaired) electrons. The molecule has 9 heteroatoms. The summed E-state index contributed by atoms with van der Waals surface area (Å²) in [5.74, 6) is 0.260. The van der Waals surface area contributed by atoms with Crippen LogP contribution in [0.25, 0.3) is 0 Å². The van der Waals surface area contributed by atoms with Crippen molar-refractivity contribution in [2.75, 3.05) is 45.2 Å². The van der Waals surface area contributed by atoms with Gasteiger partial charge in [0.25, 0.3) is 0 Å². The molecule has 2 amide bonds. The third-order valence-corrected chi connectivity index (χ3v) is 3.20. The molecule has 0 unspecified atom stereocenters. The van der Waals surface area contributed by atoms with Crippen LogP contribution in [0, 0.1) is 0 Å². The van der Waals surface area contributed by atoms with Crippen molar-refractivity contribution in [3.05, 3.63) is 6.20 Å². The Kier molecular flexibility index (Phi) is 5.09. The number of rotatable bonds is 4. The normalized spacial score (nSPS) is 15.8. The largest absolute Gasteiger partial charge is 0.450 e. The average molecular weight is 296 g/mol. The van der Waals surface area contributed by atoms with Gasteiger partial charge in [-0.25, -0.2) is 9.48 Å². The Balaban J connectivity index is 1.84. The predicted molar refractivity (Wildman–Crippen MR) is 74.7 cm³/mol. The molecule has 1 aromatic rings. The number of anilines is 1. The zero-order valence-corrected chi connectivity index (χ0v) is 12.3. The topological polar surface area (TPSA) is 92.6 Å². The van der Waals surface area contributed by atoms with Crippen molar-refractivity contribution in [3.63, 3.8) is 0 Å². The molecule has 116 valence electrons. The van der Waals surface area contributed by atoms with E-state index in [0.717, 1.165) is 26.2 Å². The molecule has 2 rings (SSSR count). The number of carbonyl (C=O) groups is 2. The van der Waals surface area contributed by atoms with E-state index in [0.29, 0.717) is 0 Å². The van der Waals surface area contributed by atoms with Gasteiger partial charge in [-0.15, -0.1) is 5.10 Å². The molecule has 2 heterocycles. The van der Waals surface area contributed by atoms with Crippen molar-refractivity contribution in [1.29, 1.82) is 0 Å². The second kappa shape index (κ2) is 7.02. The van der Waals surface area contributed by atoms with E-state index < -0.39 is 6.09 Å². The smallest absolute Gasteiger partial charge is 0.412 e. The fourth-order valence-electron chi connectivity index (χ4n) is 2.00. The standard InChI is InChI=1S/C12H20N6O3/c1-3-21-12(20)13-10-8-18(15-14-10)9-11(19)17-6-4-16(2)5-7-17/h8H,3-7,9H2,1-2H3,(H,13,20). The van der Waals surface area contributed by atoms with Crippen LogP contribution >= 0.6 is 0 Å². The Labute approximate surface area is 122 Å². The van der Waals surface area contributed by atoms with Crippen LogP contribution in [-0.2, 0) is 16.1 Å². The first-order valence-electron chi connectivity index (χ1n) is 6.88. The Morgan fingerprint density at radius 2 is 2.05 bits per heavy atom. The average Bonchev–Trinajstić information content (AvgIpc) is 2.86. The molecule has 1 N–H and O–H groups in total. The van der Waals surface area contributed by atoms with Gasteiger partial charge < -0.3 is 14.5 Å². The molecule has 0 aromatic carbocycles. The number of nitrogens with one attached hydrogen (secondary N) is 1. The SMILES string of the molecule is CCOC(=O)Nc1cn(CC(=O)N2CCN(C)CC2)nn1. The molecule has 0 atom stereocenters. The fourth-order valence-corrected chi connectivity index (χ4v) is 2.00. The Morgan fingerprint density at radius 3 is 2.71 bits per heavy atom. The number of amides is 2. The van der Waals surface area contributed by atoms with Crippen molar-refractivity contribution < 1.29 is 14.3 Å². The molecular weight excluding hydrogens is 276 g/mol. The number of nitrogens with zero attached hydrogens (tertiary/aromatic N) is 5. The zero-order chi connectivity index (χ0) is 15.2. The molecule has 0 bridgehead atoms. The lowest BCUT2D eigenvalue weighted by Crippen LogP contribution is -2.48. The van der Waals surface area contributed by atoms with Crippen molar-refractivity contribution in [1.82, 2.24) is 24.8 Å². The van der Waals surface area contributed by atoms with E-state index in [1.807, 2.05) is 7.05 Å². The minimum Gasteiger partial charge on any atom is -0.450 e. The summed E-state index contributed by atoms with van der Waals surface area (Å²) < 4.78 is 6.14. The van der Waals surface area contributed by atoms with Gasteiger partial charge in [-0.1, -0.05) is 5.21 Å². The first-order valence-corrected chi connectivity index (χ1v) is 6.88. The number of carbonyl (C=O) groups excluding carboxylic acids is 2. The maximum Gasteiger partial charge on any atom is 0.412 e. The van der Waals surface area contributed by atoms with Gasteiger partial charge in [0.05, 0.1) is 12.8 Å². The number of hydrogen-bond donors (Lipinski definition) is 1. The molecule has 1 aliphatic rings. The molecule has 1 aliphatic heterocycles. The van der Waals surface area contributed by atoms with E-state index in [1.165, 1.54) is 10.9 Å². The second-order valence-electron chi connectivity index (χ2n) is 4.83. The van der Waals surface area contributed by atoms with Crippen molar-refractivity contribution in [2.45, 2.75) is 13.5 Å². The number of ether oxygens (including phenoxy) is 1. The summed E-state index contributed by atoms with van der Waals surface area (Å²) in [6.45, 7) is 5.29. The first-order chi connectivity index (χ1) is 10.1. The molecule has 0 spiro atoms. The van der Waals surface area contributed by atoms with E-state index >= 15 is 0 Å². The highest BCUT2D eigenvalue weighted by Gasteiger charge is 2.19. The number of likely N-dealkylation sites (N-methyl/N-ethyl adjacent to an activating group) is 1. The van der Waals surface area contributed by atoms with Gasteiger partial charge in [-0.3, -0.25) is 10.1 Å². The first kappa shape index (κ1) is 15.2. The summed E-state index contributed by atoms with van der Waals surface area (Å²) >= 11 is 0. The molecule has 0 aliphatic carbocycles. The van der Waals surface area contributed by atoms with Crippen LogP contribution in [0.5, 0.6) is 0 Å². The minimum absolute atomic E-state index is 0.00400. The monoisotopic (exact) mass is 296 g/mol. The predicted octanol–water partition coefficient (Wildman–Crippen LogP) is -0.379. The number of piperazine rings is 1. The van der Waals surface area contributed by atoms with Crippen molar-refractivity contribution in [3.8, 4) is 0 Å². The van der Waals surface area contributed by atoms with E-state index in [2.05, 4.69) is 20.5 Å². The van der Waals surface area contributed by atoms with Gasteiger partial charge >= 0.3 is 6.09 Å². The van der Waals surface area contributed by atoms with Crippen LogP contribution in [-0.4, -0.2) is 76.6 Å². The minimum atomic E-state index is -0.588. The van der Waals surface area contributed by atoms with Gasteiger partial charge in [0.15, 0.2) is 5.82 Å². The van der Waals surface area contributed by atoms with Gasteiger partial charge in [-0.05, 0) is 14.0 Å². The van der Waals surface area contributed by atoms with E-state index in [-0.39, 0.29) is 24.9 Å².